The van der Waals surface area contributed by atoms with Gasteiger partial charge in [0.15, 0.2) is 0 Å². The number of rotatable bonds is 5. The van der Waals surface area contributed by atoms with Crippen molar-refractivity contribution in [1.82, 2.24) is 5.32 Å². The first-order chi connectivity index (χ1) is 8.29. The number of hydrogen-bond donors (Lipinski definition) is 2. The van der Waals surface area contributed by atoms with Crippen LogP contribution in [0.3, 0.4) is 0 Å². The van der Waals surface area contributed by atoms with Gasteiger partial charge in [0.05, 0.1) is 5.75 Å². The van der Waals surface area contributed by atoms with Gasteiger partial charge in [0.2, 0.25) is 0 Å². The Morgan fingerprint density at radius 2 is 1.78 bits per heavy atom. The van der Waals surface area contributed by atoms with Gasteiger partial charge >= 0.3 is 0 Å². The summed E-state index contributed by atoms with van der Waals surface area (Å²) in [5, 5.41) is 2.52. The molecule has 18 heavy (non-hydrogen) atoms. The average molecular weight is 286 g/mol. The van der Waals surface area contributed by atoms with E-state index in [2.05, 4.69) is 5.32 Å². The van der Waals surface area contributed by atoms with Gasteiger partial charge in [0, 0.05) is 23.9 Å². The van der Waals surface area contributed by atoms with E-state index in [0.717, 1.165) is 6.26 Å². The Morgan fingerprint density at radius 3 is 2.22 bits per heavy atom. The van der Waals surface area contributed by atoms with Gasteiger partial charge in [-0.2, -0.15) is 0 Å². The van der Waals surface area contributed by atoms with Crippen LogP contribution in [0, 0.1) is 0 Å². The van der Waals surface area contributed by atoms with E-state index in [1.165, 1.54) is 0 Å². The topological polar surface area (TPSA) is 89.3 Å². The summed E-state index contributed by atoms with van der Waals surface area (Å²) in [6.07, 6.45) is 1.12. The third-order valence-electron chi connectivity index (χ3n) is 2.19. The zero-order valence-electron chi connectivity index (χ0n) is 9.84. The van der Waals surface area contributed by atoms with Crippen LogP contribution in [-0.4, -0.2) is 37.9 Å². The maximum atomic E-state index is 11.6. The molecule has 0 spiro atoms. The van der Waals surface area contributed by atoms with E-state index in [1.807, 2.05) is 0 Å². The second-order valence-corrected chi connectivity index (χ2v) is 6.53. The van der Waals surface area contributed by atoms with Crippen LogP contribution in [0.15, 0.2) is 24.3 Å². The molecule has 1 amide bonds. The van der Waals surface area contributed by atoms with Crippen molar-refractivity contribution >= 4 is 33.0 Å². The van der Waals surface area contributed by atoms with Crippen LogP contribution in [0.4, 0.5) is 0 Å². The Hall–Kier alpha value is -1.47. The Balaban J connectivity index is 2.59. The molecule has 0 bridgehead atoms. The number of nitrogens with one attached hydrogen (secondary N) is 1. The molecule has 1 aromatic carbocycles. The van der Waals surface area contributed by atoms with E-state index in [4.69, 9.17) is 18.0 Å². The van der Waals surface area contributed by atoms with Crippen molar-refractivity contribution in [3.63, 3.8) is 0 Å². The fourth-order valence-electron chi connectivity index (χ4n) is 1.24. The van der Waals surface area contributed by atoms with Crippen molar-refractivity contribution in [1.29, 1.82) is 0 Å². The molecule has 0 radical (unpaired) electrons. The first-order valence-electron chi connectivity index (χ1n) is 5.15. The minimum atomic E-state index is -3.07. The lowest BCUT2D eigenvalue weighted by Gasteiger charge is -2.05. The highest BCUT2D eigenvalue weighted by atomic mass is 32.2. The summed E-state index contributed by atoms with van der Waals surface area (Å²) in [5.74, 6) is -0.405. The van der Waals surface area contributed by atoms with Crippen LogP contribution in [0.5, 0.6) is 0 Å². The lowest BCUT2D eigenvalue weighted by molar-refractivity contribution is 0.0956. The molecule has 0 saturated carbocycles. The predicted octanol–water partition coefficient (Wildman–Crippen LogP) is 0.0952. The number of amides is 1. The van der Waals surface area contributed by atoms with Crippen molar-refractivity contribution < 1.29 is 13.2 Å². The summed E-state index contributed by atoms with van der Waals surface area (Å²) in [7, 11) is -3.07. The smallest absolute Gasteiger partial charge is 0.251 e. The van der Waals surface area contributed by atoms with Crippen molar-refractivity contribution in [3.05, 3.63) is 35.4 Å². The van der Waals surface area contributed by atoms with Crippen LogP contribution in [0.25, 0.3) is 0 Å². The molecule has 3 N–H and O–H groups in total. The van der Waals surface area contributed by atoms with Crippen molar-refractivity contribution in [2.45, 2.75) is 0 Å². The number of benzene rings is 1. The number of carbonyl (C=O) groups is 1. The molecule has 98 valence electrons. The first-order valence-corrected chi connectivity index (χ1v) is 7.62. The SMILES string of the molecule is CS(=O)(=O)CCNC(=O)c1ccc(C(N)=S)cc1. The van der Waals surface area contributed by atoms with Gasteiger partial charge in [-0.05, 0) is 12.1 Å². The number of nitrogens with two attached hydrogens (primary N) is 1. The molecule has 0 heterocycles. The molecule has 1 aromatic rings. The largest absolute Gasteiger partial charge is 0.389 e. The van der Waals surface area contributed by atoms with Crippen molar-refractivity contribution in [2.75, 3.05) is 18.6 Å². The monoisotopic (exact) mass is 286 g/mol. The predicted molar refractivity (Wildman–Crippen MR) is 74.4 cm³/mol. The van der Waals surface area contributed by atoms with Crippen LogP contribution in [-0.2, 0) is 9.84 Å². The normalized spacial score (nSPS) is 10.9. The highest BCUT2D eigenvalue weighted by Gasteiger charge is 2.07. The zero-order valence-corrected chi connectivity index (χ0v) is 11.5. The van der Waals surface area contributed by atoms with Crippen molar-refractivity contribution in [2.24, 2.45) is 5.73 Å². The maximum Gasteiger partial charge on any atom is 0.251 e. The van der Waals surface area contributed by atoms with E-state index in [0.29, 0.717) is 11.1 Å². The van der Waals surface area contributed by atoms with E-state index in [9.17, 15) is 13.2 Å². The van der Waals surface area contributed by atoms with Crippen LogP contribution < -0.4 is 11.1 Å². The van der Waals surface area contributed by atoms with Crippen LogP contribution >= 0.6 is 12.2 Å². The Bertz CT molecular complexity index is 550. The highest BCUT2D eigenvalue weighted by Crippen LogP contribution is 2.04. The standard InChI is InChI=1S/C11H14N2O3S2/c1-18(15,16)7-6-13-11(14)9-4-2-8(3-5-9)10(12)17/h2-5H,6-7H2,1H3,(H2,12,17)(H,13,14). The second kappa shape index (κ2) is 5.92. The number of sulfone groups is 1. The van der Waals surface area contributed by atoms with Crippen LogP contribution in [0.1, 0.15) is 15.9 Å². The Labute approximate surface area is 111 Å². The molecule has 0 atom stereocenters. The maximum absolute atomic E-state index is 11.6. The molecule has 5 nitrogen and oxygen atoms in total. The van der Waals surface area contributed by atoms with Gasteiger partial charge in [0.25, 0.3) is 5.91 Å². The van der Waals surface area contributed by atoms with Gasteiger partial charge in [0.1, 0.15) is 14.8 Å². The van der Waals surface area contributed by atoms with Gasteiger partial charge in [-0.3, -0.25) is 4.79 Å². The van der Waals surface area contributed by atoms with E-state index < -0.39 is 9.84 Å². The second-order valence-electron chi connectivity index (χ2n) is 3.83. The van der Waals surface area contributed by atoms with Crippen molar-refractivity contribution in [3.8, 4) is 0 Å². The molecule has 7 heteroatoms. The molecule has 0 aliphatic heterocycles. The summed E-state index contributed by atoms with van der Waals surface area (Å²) < 4.78 is 21.8. The summed E-state index contributed by atoms with van der Waals surface area (Å²) in [6.45, 7) is 0.0920. The molecule has 0 aliphatic carbocycles. The fraction of sp³-hybridized carbons (Fsp3) is 0.273. The molecule has 0 unspecified atom stereocenters. The minimum Gasteiger partial charge on any atom is -0.389 e. The van der Waals surface area contributed by atoms with E-state index in [-0.39, 0.29) is 23.2 Å². The third-order valence-corrected chi connectivity index (χ3v) is 3.37. The fourth-order valence-corrected chi connectivity index (χ4v) is 1.85. The summed E-state index contributed by atoms with van der Waals surface area (Å²) in [6, 6.07) is 6.47. The molecule has 0 aromatic heterocycles. The summed E-state index contributed by atoms with van der Waals surface area (Å²) in [5.41, 5.74) is 6.54. The number of carbonyl (C=O) groups excluding carboxylic acids is 1. The summed E-state index contributed by atoms with van der Waals surface area (Å²) >= 11 is 4.79. The molecule has 0 saturated heterocycles. The number of thiocarbonyl (C=S) groups is 1. The lowest BCUT2D eigenvalue weighted by Crippen LogP contribution is -2.28. The van der Waals surface area contributed by atoms with Gasteiger partial charge in [-0.1, -0.05) is 24.4 Å². The summed E-state index contributed by atoms with van der Waals surface area (Å²) in [4.78, 5) is 11.9. The Morgan fingerprint density at radius 1 is 1.28 bits per heavy atom. The van der Waals surface area contributed by atoms with Gasteiger partial charge in [-0.25, -0.2) is 8.42 Å². The van der Waals surface area contributed by atoms with E-state index in [1.54, 1.807) is 24.3 Å². The Kier molecular flexibility index (Phi) is 4.80. The lowest BCUT2D eigenvalue weighted by atomic mass is 10.1. The number of hydrogen-bond acceptors (Lipinski definition) is 4. The molecular weight excluding hydrogens is 272 g/mol. The third kappa shape index (κ3) is 4.80. The molecular formula is C11H14N2O3S2. The quantitative estimate of drug-likeness (QED) is 0.749. The minimum absolute atomic E-state index is 0.0797. The van der Waals surface area contributed by atoms with E-state index >= 15 is 0 Å². The first kappa shape index (κ1) is 14.6. The molecule has 1 rings (SSSR count). The van der Waals surface area contributed by atoms with Gasteiger partial charge < -0.3 is 11.1 Å². The molecule has 0 fully saturated rings. The molecule has 0 aliphatic rings. The highest BCUT2D eigenvalue weighted by molar-refractivity contribution is 7.90. The van der Waals surface area contributed by atoms with Crippen LogP contribution in [0.2, 0.25) is 0 Å². The van der Waals surface area contributed by atoms with Gasteiger partial charge in [-0.15, -0.1) is 0 Å². The zero-order chi connectivity index (χ0) is 13.8. The average Bonchev–Trinajstić information content (AvgIpc) is 2.27.